The van der Waals surface area contributed by atoms with Crippen LogP contribution in [-0.2, 0) is 11.9 Å². The summed E-state index contributed by atoms with van der Waals surface area (Å²) < 4.78 is 37.9. The predicted molar refractivity (Wildman–Crippen MR) is 47.7 cm³/mol. The van der Waals surface area contributed by atoms with E-state index in [0.29, 0.717) is 0 Å². The molecule has 0 saturated carbocycles. The summed E-state index contributed by atoms with van der Waals surface area (Å²) in [4.78, 5) is 3.27. The minimum atomic E-state index is -2.82. The molecule has 0 spiro atoms. The highest BCUT2D eigenvalue weighted by Gasteiger charge is 2.20. The van der Waals surface area contributed by atoms with Crippen molar-refractivity contribution in [2.45, 2.75) is 18.4 Å². The van der Waals surface area contributed by atoms with Gasteiger partial charge in [0.15, 0.2) is 0 Å². The molecule has 14 heavy (non-hydrogen) atoms. The lowest BCUT2D eigenvalue weighted by Gasteiger charge is -2.10. The van der Waals surface area contributed by atoms with Crippen LogP contribution in [0.3, 0.4) is 0 Å². The van der Waals surface area contributed by atoms with Crippen molar-refractivity contribution in [1.29, 1.82) is 0 Å². The maximum absolute atomic E-state index is 12.9. The largest absolute Gasteiger partial charge is 0.391 e. The van der Waals surface area contributed by atoms with E-state index in [-0.39, 0.29) is 10.9 Å². The molecule has 1 rings (SSSR count). The number of rotatable bonds is 3. The van der Waals surface area contributed by atoms with Crippen molar-refractivity contribution in [3.63, 3.8) is 0 Å². The van der Waals surface area contributed by atoms with Gasteiger partial charge < -0.3 is 5.11 Å². The first-order valence-corrected chi connectivity index (χ1v) is 4.85. The Morgan fingerprint density at radius 1 is 1.50 bits per heavy atom. The molecule has 0 aliphatic carbocycles. The van der Waals surface area contributed by atoms with Crippen LogP contribution in [0, 0.1) is 5.95 Å². The van der Waals surface area contributed by atoms with E-state index in [1.54, 1.807) is 0 Å². The first-order valence-electron chi connectivity index (χ1n) is 3.73. The second kappa shape index (κ2) is 4.75. The average molecular weight is 270 g/mol. The van der Waals surface area contributed by atoms with Crippen LogP contribution in [-0.4, -0.2) is 10.1 Å². The molecule has 0 unspecified atom stereocenters. The molecule has 1 N–H and O–H groups in total. The minimum absolute atomic E-state index is 0.146. The number of aromatic nitrogens is 1. The van der Waals surface area contributed by atoms with Gasteiger partial charge in [-0.2, -0.15) is 4.39 Å². The van der Waals surface area contributed by atoms with Gasteiger partial charge in [0.2, 0.25) is 5.95 Å². The van der Waals surface area contributed by atoms with Crippen molar-refractivity contribution in [3.05, 3.63) is 28.8 Å². The first kappa shape index (κ1) is 11.5. The minimum Gasteiger partial charge on any atom is -0.391 e. The molecule has 0 aliphatic heterocycles. The fourth-order valence-electron chi connectivity index (χ4n) is 1.12. The Hall–Kier alpha value is -0.620. The van der Waals surface area contributed by atoms with Gasteiger partial charge >= 0.3 is 0 Å². The third kappa shape index (κ3) is 2.06. The van der Waals surface area contributed by atoms with Crippen LogP contribution >= 0.6 is 15.9 Å². The summed E-state index contributed by atoms with van der Waals surface area (Å²) >= 11 is 2.99. The lowest BCUT2D eigenvalue weighted by atomic mass is 10.1. The lowest BCUT2D eigenvalue weighted by molar-refractivity contribution is 0.144. The Morgan fingerprint density at radius 3 is 2.57 bits per heavy atom. The summed E-state index contributed by atoms with van der Waals surface area (Å²) in [6.45, 7) is -0.778. The molecule has 0 atom stereocenters. The van der Waals surface area contributed by atoms with Gasteiger partial charge in [0.25, 0.3) is 6.43 Å². The third-order valence-corrected chi connectivity index (χ3v) is 2.38. The Balaban J connectivity index is 3.36. The molecule has 6 heteroatoms. The molecule has 0 fully saturated rings. The molecule has 0 aliphatic rings. The van der Waals surface area contributed by atoms with Gasteiger partial charge in [-0.3, -0.25) is 0 Å². The van der Waals surface area contributed by atoms with Crippen LogP contribution in [0.4, 0.5) is 13.2 Å². The monoisotopic (exact) mass is 269 g/mol. The second-order valence-corrected chi connectivity index (χ2v) is 3.12. The maximum atomic E-state index is 12.9. The third-order valence-electron chi connectivity index (χ3n) is 1.77. The highest BCUT2D eigenvalue weighted by molar-refractivity contribution is 9.08. The van der Waals surface area contributed by atoms with E-state index >= 15 is 0 Å². The fraction of sp³-hybridized carbons (Fsp3) is 0.375. The first-order chi connectivity index (χ1) is 6.61. The van der Waals surface area contributed by atoms with Gasteiger partial charge in [-0.05, 0) is 5.56 Å². The maximum Gasteiger partial charge on any atom is 0.264 e. The van der Waals surface area contributed by atoms with Crippen LogP contribution in [0.15, 0.2) is 6.20 Å². The number of halogens is 4. The number of pyridine rings is 1. The molecular weight excluding hydrogens is 263 g/mol. The summed E-state index contributed by atoms with van der Waals surface area (Å²) in [6.07, 6.45) is -1.78. The van der Waals surface area contributed by atoms with E-state index in [1.165, 1.54) is 0 Å². The van der Waals surface area contributed by atoms with E-state index < -0.39 is 30.1 Å². The molecule has 2 nitrogen and oxygen atoms in total. The molecule has 0 bridgehead atoms. The topological polar surface area (TPSA) is 33.1 Å². The predicted octanol–water partition coefficient (Wildman–Crippen LogP) is 2.55. The van der Waals surface area contributed by atoms with E-state index in [4.69, 9.17) is 5.11 Å². The van der Waals surface area contributed by atoms with E-state index in [0.717, 1.165) is 6.20 Å². The number of alkyl halides is 3. The molecule has 78 valence electrons. The number of hydrogen-bond acceptors (Lipinski definition) is 2. The molecule has 0 saturated heterocycles. The summed E-state index contributed by atoms with van der Waals surface area (Å²) in [5, 5.41) is 8.89. The molecule has 0 radical (unpaired) electrons. The van der Waals surface area contributed by atoms with Crippen LogP contribution in [0.1, 0.15) is 23.1 Å². The zero-order valence-corrected chi connectivity index (χ0v) is 8.56. The second-order valence-electron chi connectivity index (χ2n) is 2.56. The summed E-state index contributed by atoms with van der Waals surface area (Å²) in [7, 11) is 0. The van der Waals surface area contributed by atoms with Crippen molar-refractivity contribution in [3.8, 4) is 0 Å². The highest BCUT2D eigenvalue weighted by atomic mass is 79.9. The van der Waals surface area contributed by atoms with Crippen molar-refractivity contribution in [2.75, 3.05) is 0 Å². The number of aliphatic hydroxyl groups is 1. The fourth-order valence-corrected chi connectivity index (χ4v) is 1.56. The van der Waals surface area contributed by atoms with Crippen LogP contribution in [0.25, 0.3) is 0 Å². The molecule has 1 aromatic rings. The van der Waals surface area contributed by atoms with Crippen molar-refractivity contribution in [2.24, 2.45) is 0 Å². The Kier molecular flexibility index (Phi) is 3.88. The summed E-state index contributed by atoms with van der Waals surface area (Å²) in [6, 6.07) is 0. The Morgan fingerprint density at radius 2 is 2.14 bits per heavy atom. The number of hydrogen-bond donors (Lipinski definition) is 1. The highest BCUT2D eigenvalue weighted by Crippen LogP contribution is 2.28. The SMILES string of the molecule is OCc1c(F)ncc(CBr)c1C(F)F. The number of nitrogens with zero attached hydrogens (tertiary/aromatic N) is 1. The summed E-state index contributed by atoms with van der Waals surface area (Å²) in [5.41, 5.74) is -0.723. The van der Waals surface area contributed by atoms with Crippen LogP contribution in [0.2, 0.25) is 0 Å². The van der Waals surface area contributed by atoms with Gasteiger partial charge in [0, 0.05) is 22.7 Å². The zero-order chi connectivity index (χ0) is 10.7. The molecule has 0 amide bonds. The van der Waals surface area contributed by atoms with Gasteiger partial charge in [0.05, 0.1) is 6.61 Å². The number of aliphatic hydroxyl groups excluding tert-OH is 1. The van der Waals surface area contributed by atoms with Gasteiger partial charge in [0.1, 0.15) is 0 Å². The normalized spacial score (nSPS) is 11.0. The molecule has 0 aromatic carbocycles. The zero-order valence-electron chi connectivity index (χ0n) is 6.98. The van der Waals surface area contributed by atoms with E-state index in [1.807, 2.05) is 0 Å². The standard InChI is InChI=1S/C8H7BrF3NO/c9-1-4-2-13-8(12)5(3-14)6(4)7(10)11/h2,7,14H,1,3H2. The van der Waals surface area contributed by atoms with Gasteiger partial charge in [-0.15, -0.1) is 0 Å². The smallest absolute Gasteiger partial charge is 0.264 e. The molecule has 1 heterocycles. The molecule has 1 aromatic heterocycles. The van der Waals surface area contributed by atoms with E-state index in [2.05, 4.69) is 20.9 Å². The van der Waals surface area contributed by atoms with Crippen LogP contribution in [0.5, 0.6) is 0 Å². The Labute approximate surface area is 86.9 Å². The summed E-state index contributed by atoms with van der Waals surface area (Å²) in [5.74, 6) is -1.05. The molecular formula is C8H7BrF3NO. The lowest BCUT2D eigenvalue weighted by Crippen LogP contribution is -2.05. The van der Waals surface area contributed by atoms with Gasteiger partial charge in [-0.25, -0.2) is 13.8 Å². The Bertz CT molecular complexity index is 333. The van der Waals surface area contributed by atoms with Crippen molar-refractivity contribution in [1.82, 2.24) is 4.98 Å². The van der Waals surface area contributed by atoms with Crippen molar-refractivity contribution < 1.29 is 18.3 Å². The van der Waals surface area contributed by atoms with Crippen molar-refractivity contribution >= 4 is 15.9 Å². The average Bonchev–Trinajstić information content (AvgIpc) is 2.17. The quantitative estimate of drug-likeness (QED) is 0.676. The van der Waals surface area contributed by atoms with Crippen LogP contribution < -0.4 is 0 Å². The van der Waals surface area contributed by atoms with E-state index in [9.17, 15) is 13.2 Å². The van der Waals surface area contributed by atoms with Gasteiger partial charge in [-0.1, -0.05) is 15.9 Å².